The third-order valence-corrected chi connectivity index (χ3v) is 3.61. The highest BCUT2D eigenvalue weighted by Crippen LogP contribution is 2.19. The summed E-state index contributed by atoms with van der Waals surface area (Å²) in [7, 11) is 0. The highest BCUT2D eigenvalue weighted by molar-refractivity contribution is 7.10. The third kappa shape index (κ3) is 2.48. The minimum Gasteiger partial charge on any atom is -0.363 e. The zero-order chi connectivity index (χ0) is 12.3. The van der Waals surface area contributed by atoms with Crippen LogP contribution in [0.2, 0.25) is 0 Å². The van der Waals surface area contributed by atoms with Crippen molar-refractivity contribution in [3.05, 3.63) is 33.1 Å². The van der Waals surface area contributed by atoms with Gasteiger partial charge in [0.05, 0.1) is 12.1 Å². The van der Waals surface area contributed by atoms with Crippen molar-refractivity contribution in [1.29, 1.82) is 5.26 Å². The number of hydrogen-bond acceptors (Lipinski definition) is 4. The number of hydrogen-bond donors (Lipinski definition) is 2. The normalized spacial score (nSPS) is 10.2. The Morgan fingerprint density at radius 1 is 1.59 bits per heavy atom. The average molecular weight is 246 g/mol. The maximum atomic E-state index is 8.73. The first-order valence-corrected chi connectivity index (χ1v) is 6.37. The predicted octanol–water partition coefficient (Wildman–Crippen LogP) is 2.83. The zero-order valence-electron chi connectivity index (χ0n) is 9.87. The molecule has 0 aliphatic rings. The van der Waals surface area contributed by atoms with Crippen LogP contribution in [0.25, 0.3) is 0 Å². The van der Waals surface area contributed by atoms with E-state index in [0.29, 0.717) is 6.54 Å². The first-order chi connectivity index (χ1) is 8.24. The van der Waals surface area contributed by atoms with Gasteiger partial charge in [-0.1, -0.05) is 6.92 Å². The molecule has 0 saturated carbocycles. The van der Waals surface area contributed by atoms with E-state index in [1.165, 1.54) is 5.56 Å². The number of nitriles is 1. The van der Waals surface area contributed by atoms with Crippen LogP contribution < -0.4 is 5.32 Å². The van der Waals surface area contributed by atoms with Gasteiger partial charge in [-0.05, 0) is 19.4 Å². The van der Waals surface area contributed by atoms with Gasteiger partial charge in [0.15, 0.2) is 5.82 Å². The van der Waals surface area contributed by atoms with Crippen LogP contribution >= 0.6 is 11.3 Å². The van der Waals surface area contributed by atoms with Crippen molar-refractivity contribution in [2.45, 2.75) is 26.8 Å². The van der Waals surface area contributed by atoms with Gasteiger partial charge in [0.25, 0.3) is 0 Å². The molecule has 0 aromatic carbocycles. The van der Waals surface area contributed by atoms with Crippen LogP contribution in [0.4, 0.5) is 5.82 Å². The Hall–Kier alpha value is -1.80. The Morgan fingerprint density at radius 3 is 3.00 bits per heavy atom. The van der Waals surface area contributed by atoms with E-state index < -0.39 is 0 Å². The molecule has 0 amide bonds. The summed E-state index contributed by atoms with van der Waals surface area (Å²) in [5.41, 5.74) is 3.06. The molecule has 0 fully saturated rings. The smallest absolute Gasteiger partial charge is 0.151 e. The Kier molecular flexibility index (Phi) is 3.45. The fraction of sp³-hybridized carbons (Fsp3) is 0.333. The summed E-state index contributed by atoms with van der Waals surface area (Å²) in [6, 6.07) is 4.03. The summed E-state index contributed by atoms with van der Waals surface area (Å²) < 4.78 is 0. The number of aryl methyl sites for hydroxylation is 1. The lowest BCUT2D eigenvalue weighted by molar-refractivity contribution is 0.966. The van der Waals surface area contributed by atoms with E-state index in [1.807, 2.05) is 11.4 Å². The van der Waals surface area contributed by atoms with Crippen molar-refractivity contribution >= 4 is 17.2 Å². The molecular formula is C12H14N4S. The Labute approximate surface area is 104 Å². The van der Waals surface area contributed by atoms with E-state index >= 15 is 0 Å². The van der Waals surface area contributed by atoms with E-state index in [0.717, 1.165) is 28.4 Å². The molecule has 88 valence electrons. The molecule has 0 spiro atoms. The topological polar surface area (TPSA) is 64.5 Å². The molecule has 5 heteroatoms. The second-order valence-corrected chi connectivity index (χ2v) is 4.79. The molecule has 2 rings (SSSR count). The van der Waals surface area contributed by atoms with Crippen LogP contribution in [0.1, 0.15) is 28.6 Å². The second kappa shape index (κ2) is 5.02. The van der Waals surface area contributed by atoms with Gasteiger partial charge < -0.3 is 5.32 Å². The van der Waals surface area contributed by atoms with Crippen molar-refractivity contribution < 1.29 is 0 Å². The number of thiophene rings is 1. The molecule has 0 unspecified atom stereocenters. The third-order valence-electron chi connectivity index (χ3n) is 2.68. The van der Waals surface area contributed by atoms with Gasteiger partial charge in [-0.15, -0.1) is 11.3 Å². The summed E-state index contributed by atoms with van der Waals surface area (Å²) in [6.07, 6.45) is 0.956. The van der Waals surface area contributed by atoms with Crippen molar-refractivity contribution in [3.63, 3.8) is 0 Å². The van der Waals surface area contributed by atoms with Crippen LogP contribution in [0.5, 0.6) is 0 Å². The van der Waals surface area contributed by atoms with Crippen LogP contribution in [0.15, 0.2) is 11.4 Å². The first-order valence-electron chi connectivity index (χ1n) is 5.49. The molecule has 2 aromatic rings. The molecule has 17 heavy (non-hydrogen) atoms. The summed E-state index contributed by atoms with van der Waals surface area (Å²) in [4.78, 5) is 1.14. The van der Waals surface area contributed by atoms with E-state index in [9.17, 15) is 0 Å². The molecule has 0 atom stereocenters. The minimum absolute atomic E-state index is 0.710. The minimum atomic E-state index is 0.710. The van der Waals surface area contributed by atoms with E-state index in [2.05, 4.69) is 35.4 Å². The lowest BCUT2D eigenvalue weighted by Crippen LogP contribution is -1.99. The van der Waals surface area contributed by atoms with Crippen LogP contribution in [-0.2, 0) is 13.0 Å². The van der Waals surface area contributed by atoms with Crippen LogP contribution in [0.3, 0.4) is 0 Å². The second-order valence-electron chi connectivity index (χ2n) is 3.80. The van der Waals surface area contributed by atoms with Crippen molar-refractivity contribution in [2.24, 2.45) is 0 Å². The van der Waals surface area contributed by atoms with Gasteiger partial charge in [0.2, 0.25) is 0 Å². The number of nitrogens with zero attached hydrogens (tertiary/aromatic N) is 2. The lowest BCUT2D eigenvalue weighted by atomic mass is 10.2. The largest absolute Gasteiger partial charge is 0.363 e. The van der Waals surface area contributed by atoms with Gasteiger partial charge in [0.1, 0.15) is 6.07 Å². The Balaban J connectivity index is 2.02. The van der Waals surface area contributed by atoms with Crippen molar-refractivity contribution in [3.8, 4) is 6.07 Å². The molecule has 0 saturated heterocycles. The first kappa shape index (κ1) is 11.7. The molecule has 0 aliphatic heterocycles. The predicted molar refractivity (Wildman–Crippen MR) is 69.1 cm³/mol. The maximum Gasteiger partial charge on any atom is 0.151 e. The molecule has 2 heterocycles. The number of anilines is 1. The summed E-state index contributed by atoms with van der Waals surface area (Å²) in [5.74, 6) is 0.897. The fourth-order valence-corrected chi connectivity index (χ4v) is 2.40. The van der Waals surface area contributed by atoms with Crippen LogP contribution in [-0.4, -0.2) is 10.2 Å². The monoisotopic (exact) mass is 246 g/mol. The van der Waals surface area contributed by atoms with Crippen LogP contribution in [0, 0.1) is 18.3 Å². The number of rotatable bonds is 4. The molecule has 0 radical (unpaired) electrons. The van der Waals surface area contributed by atoms with Gasteiger partial charge in [-0.3, -0.25) is 5.10 Å². The highest BCUT2D eigenvalue weighted by Gasteiger charge is 2.07. The zero-order valence-corrected chi connectivity index (χ0v) is 10.7. The average Bonchev–Trinajstić information content (AvgIpc) is 2.93. The molecule has 0 bridgehead atoms. The fourth-order valence-electron chi connectivity index (χ4n) is 1.65. The molecule has 2 aromatic heterocycles. The SMILES string of the molecule is CCc1[nH]nc(NCc2cc(C#N)cs2)c1C. The van der Waals surface area contributed by atoms with Gasteiger partial charge in [-0.2, -0.15) is 10.4 Å². The van der Waals surface area contributed by atoms with Gasteiger partial charge in [-0.25, -0.2) is 0 Å². The van der Waals surface area contributed by atoms with E-state index in [-0.39, 0.29) is 0 Å². The number of aromatic nitrogens is 2. The number of aromatic amines is 1. The van der Waals surface area contributed by atoms with E-state index in [1.54, 1.807) is 11.3 Å². The van der Waals surface area contributed by atoms with E-state index in [4.69, 9.17) is 5.26 Å². The summed E-state index contributed by atoms with van der Waals surface area (Å²) in [6.45, 7) is 4.86. The highest BCUT2D eigenvalue weighted by atomic mass is 32.1. The summed E-state index contributed by atoms with van der Waals surface area (Å²) in [5, 5.41) is 21.1. The Morgan fingerprint density at radius 2 is 2.41 bits per heavy atom. The van der Waals surface area contributed by atoms with Gasteiger partial charge in [0, 0.05) is 21.5 Å². The quantitative estimate of drug-likeness (QED) is 0.871. The van der Waals surface area contributed by atoms with Crippen molar-refractivity contribution in [1.82, 2.24) is 10.2 Å². The molecule has 0 aliphatic carbocycles. The standard InChI is InChI=1S/C12H14N4S/c1-3-11-8(2)12(16-15-11)14-6-10-4-9(5-13)7-17-10/h4,7H,3,6H2,1-2H3,(H2,14,15,16). The Bertz CT molecular complexity index is 547. The molecule has 2 N–H and O–H groups in total. The number of H-pyrrole nitrogens is 1. The maximum absolute atomic E-state index is 8.73. The lowest BCUT2D eigenvalue weighted by Gasteiger charge is -2.01. The molecule has 4 nitrogen and oxygen atoms in total. The molecular weight excluding hydrogens is 232 g/mol. The summed E-state index contributed by atoms with van der Waals surface area (Å²) >= 11 is 1.59. The van der Waals surface area contributed by atoms with Crippen molar-refractivity contribution in [2.75, 3.05) is 5.32 Å². The number of nitrogens with one attached hydrogen (secondary N) is 2. The van der Waals surface area contributed by atoms with Gasteiger partial charge >= 0.3 is 0 Å².